The zero-order chi connectivity index (χ0) is 11.4. The van der Waals surface area contributed by atoms with Gasteiger partial charge >= 0.3 is 18.2 Å². The Morgan fingerprint density at radius 3 is 2.14 bits per heavy atom. The number of halogens is 5. The van der Waals surface area contributed by atoms with E-state index in [1.54, 1.807) is 0 Å². The number of nitrogens with zero attached hydrogens (tertiary/aromatic N) is 1. The molecule has 0 aliphatic carbocycles. The monoisotopic (exact) mass is 219 g/mol. The first-order chi connectivity index (χ1) is 6.17. The van der Waals surface area contributed by atoms with Crippen LogP contribution in [0, 0.1) is 0 Å². The highest BCUT2D eigenvalue weighted by atomic mass is 19.4. The van der Waals surface area contributed by atoms with Gasteiger partial charge in [-0.25, -0.2) is 4.79 Å². The third-order valence-corrected chi connectivity index (χ3v) is 1.20. The van der Waals surface area contributed by atoms with E-state index in [1.807, 2.05) is 0 Å². The number of hydrogen-bond donors (Lipinski definition) is 1. The van der Waals surface area contributed by atoms with Gasteiger partial charge in [-0.3, -0.25) is 0 Å². The van der Waals surface area contributed by atoms with E-state index < -0.39 is 31.0 Å². The summed E-state index contributed by atoms with van der Waals surface area (Å²) < 4.78 is 58.8. The van der Waals surface area contributed by atoms with Crippen molar-refractivity contribution in [3.63, 3.8) is 0 Å². The minimum atomic E-state index is -5.61. The highest BCUT2D eigenvalue weighted by Crippen LogP contribution is 2.38. The van der Waals surface area contributed by atoms with E-state index in [1.165, 1.54) is 0 Å². The zero-order valence-corrected chi connectivity index (χ0v) is 6.68. The van der Waals surface area contributed by atoms with Crippen molar-refractivity contribution in [2.45, 2.75) is 24.9 Å². The van der Waals surface area contributed by atoms with Crippen LogP contribution in [-0.4, -0.2) is 29.5 Å². The van der Waals surface area contributed by atoms with Gasteiger partial charge in [0.2, 0.25) is 0 Å². The molecule has 82 valence electrons. The third kappa shape index (κ3) is 4.15. The summed E-state index contributed by atoms with van der Waals surface area (Å²) in [5.41, 5.74) is 0. The molecule has 0 rings (SSSR count). The Balaban J connectivity index is 4.07. The fourth-order valence-corrected chi connectivity index (χ4v) is 0.530. The Bertz CT molecular complexity index is 235. The van der Waals surface area contributed by atoms with Crippen molar-refractivity contribution < 1.29 is 31.9 Å². The van der Waals surface area contributed by atoms with Gasteiger partial charge in [0.1, 0.15) is 0 Å². The first-order valence-corrected chi connectivity index (χ1v) is 3.37. The Hall–Kier alpha value is -1.21. The van der Waals surface area contributed by atoms with Gasteiger partial charge in [0, 0.05) is 12.6 Å². The molecule has 0 aromatic heterocycles. The maximum absolute atomic E-state index is 12.1. The lowest BCUT2D eigenvalue weighted by atomic mass is 10.2. The number of hydrogen-bond acceptors (Lipinski definition) is 1. The first kappa shape index (κ1) is 12.8. The van der Waals surface area contributed by atoms with Gasteiger partial charge in [0.15, 0.2) is 0 Å². The number of alkyl halides is 5. The molecular formula is C6H6F5NO2. The van der Waals surface area contributed by atoms with Crippen LogP contribution in [0.5, 0.6) is 0 Å². The predicted molar refractivity (Wildman–Crippen MR) is 36.8 cm³/mol. The number of carboxylic acid groups (broad SMARTS) is 1. The highest BCUT2D eigenvalue weighted by molar-refractivity contribution is 5.77. The van der Waals surface area contributed by atoms with Crippen LogP contribution >= 0.6 is 0 Å². The van der Waals surface area contributed by atoms with Crippen molar-refractivity contribution in [3.8, 4) is 0 Å². The maximum Gasteiger partial charge on any atom is 0.453 e. The average molecular weight is 219 g/mol. The van der Waals surface area contributed by atoms with Crippen molar-refractivity contribution in [1.82, 2.24) is 0 Å². The van der Waals surface area contributed by atoms with E-state index in [9.17, 15) is 26.7 Å². The van der Waals surface area contributed by atoms with Crippen molar-refractivity contribution in [1.29, 1.82) is 0 Å². The van der Waals surface area contributed by atoms with E-state index >= 15 is 0 Å². The van der Waals surface area contributed by atoms with Crippen LogP contribution in [0.25, 0.3) is 0 Å². The topological polar surface area (TPSA) is 49.7 Å². The molecule has 0 fully saturated rings. The number of carbonyl (C=O) groups is 1. The Morgan fingerprint density at radius 1 is 1.29 bits per heavy atom. The molecule has 0 unspecified atom stereocenters. The molecule has 0 saturated carbocycles. The van der Waals surface area contributed by atoms with Crippen molar-refractivity contribution >= 4 is 12.3 Å². The van der Waals surface area contributed by atoms with Crippen LogP contribution in [0.4, 0.5) is 26.7 Å². The smallest absolute Gasteiger partial charge is 0.453 e. The van der Waals surface area contributed by atoms with Gasteiger partial charge in [-0.2, -0.15) is 26.9 Å². The summed E-state index contributed by atoms with van der Waals surface area (Å²) in [4.78, 5) is 12.3. The first-order valence-electron chi connectivity index (χ1n) is 3.37. The molecule has 0 spiro atoms. The molecule has 0 aromatic rings. The molecular weight excluding hydrogens is 213 g/mol. The SMILES string of the molecule is O=C(O)N=CCCC(F)(F)C(F)(F)F. The maximum atomic E-state index is 12.1. The Kier molecular flexibility index (Phi) is 3.96. The van der Waals surface area contributed by atoms with Crippen LogP contribution in [0.15, 0.2) is 4.99 Å². The van der Waals surface area contributed by atoms with Gasteiger partial charge in [-0.15, -0.1) is 0 Å². The molecule has 0 heterocycles. The standard InChI is InChI=1S/C6H6F5NO2/c7-5(8,6(9,10)11)2-1-3-12-4(13)14/h3H,1-2H2,(H,13,14). The van der Waals surface area contributed by atoms with Crippen molar-refractivity contribution in [3.05, 3.63) is 0 Å². The summed E-state index contributed by atoms with van der Waals surface area (Å²) in [6.07, 6.45) is -9.00. The fraction of sp³-hybridized carbons (Fsp3) is 0.667. The normalized spacial score (nSPS) is 13.5. The van der Waals surface area contributed by atoms with Gasteiger partial charge < -0.3 is 5.11 Å². The summed E-state index contributed by atoms with van der Waals surface area (Å²) >= 11 is 0. The molecule has 1 amide bonds. The molecule has 0 bridgehead atoms. The largest absolute Gasteiger partial charge is 0.463 e. The highest BCUT2D eigenvalue weighted by Gasteiger charge is 2.56. The van der Waals surface area contributed by atoms with Crippen LogP contribution in [0.2, 0.25) is 0 Å². The summed E-state index contributed by atoms with van der Waals surface area (Å²) in [5, 5.41) is 7.90. The van der Waals surface area contributed by atoms with Crippen LogP contribution in [0.1, 0.15) is 12.8 Å². The molecule has 0 aliphatic heterocycles. The lowest BCUT2D eigenvalue weighted by molar-refractivity contribution is -0.283. The molecule has 0 aliphatic rings. The molecule has 14 heavy (non-hydrogen) atoms. The summed E-state index contributed by atoms with van der Waals surface area (Å²) in [5.74, 6) is -4.81. The van der Waals surface area contributed by atoms with Gasteiger partial charge in [0.25, 0.3) is 0 Å². The minimum Gasteiger partial charge on any atom is -0.463 e. The van der Waals surface area contributed by atoms with Gasteiger partial charge in [-0.1, -0.05) is 0 Å². The average Bonchev–Trinajstić information content (AvgIpc) is 1.95. The van der Waals surface area contributed by atoms with E-state index in [0.717, 1.165) is 0 Å². The molecule has 3 nitrogen and oxygen atoms in total. The summed E-state index contributed by atoms with van der Waals surface area (Å²) in [6, 6.07) is 0. The molecule has 0 aromatic carbocycles. The predicted octanol–water partition coefficient (Wildman–Crippen LogP) is 2.71. The molecule has 1 N–H and O–H groups in total. The molecule has 0 saturated heterocycles. The van der Waals surface area contributed by atoms with E-state index in [-0.39, 0.29) is 0 Å². The lowest BCUT2D eigenvalue weighted by Gasteiger charge is -2.18. The Morgan fingerprint density at radius 2 is 1.79 bits per heavy atom. The number of aliphatic imine (C=N–C) groups is 1. The zero-order valence-electron chi connectivity index (χ0n) is 6.68. The van der Waals surface area contributed by atoms with Crippen LogP contribution < -0.4 is 0 Å². The number of rotatable bonds is 3. The van der Waals surface area contributed by atoms with E-state index in [0.29, 0.717) is 6.21 Å². The number of amides is 1. The van der Waals surface area contributed by atoms with Crippen molar-refractivity contribution in [2.24, 2.45) is 4.99 Å². The second kappa shape index (κ2) is 4.34. The van der Waals surface area contributed by atoms with Crippen LogP contribution in [-0.2, 0) is 0 Å². The molecule has 0 radical (unpaired) electrons. The second-order valence-electron chi connectivity index (χ2n) is 2.34. The molecule has 8 heteroatoms. The van der Waals surface area contributed by atoms with Crippen LogP contribution in [0.3, 0.4) is 0 Å². The quantitative estimate of drug-likeness (QED) is 0.586. The van der Waals surface area contributed by atoms with Gasteiger partial charge in [0.05, 0.1) is 0 Å². The summed E-state index contributed by atoms with van der Waals surface area (Å²) in [6.45, 7) is 0. The van der Waals surface area contributed by atoms with Crippen molar-refractivity contribution in [2.75, 3.05) is 0 Å². The molecule has 0 atom stereocenters. The second-order valence-corrected chi connectivity index (χ2v) is 2.34. The van der Waals surface area contributed by atoms with Gasteiger partial charge in [-0.05, 0) is 6.42 Å². The lowest BCUT2D eigenvalue weighted by Crippen LogP contribution is -2.36. The summed E-state index contributed by atoms with van der Waals surface area (Å²) in [7, 11) is 0. The van der Waals surface area contributed by atoms with E-state index in [4.69, 9.17) is 5.11 Å². The minimum absolute atomic E-state index is 0.502. The van der Waals surface area contributed by atoms with E-state index in [2.05, 4.69) is 4.99 Å². The fourth-order valence-electron chi connectivity index (χ4n) is 0.530. The Labute approximate surface area is 75.2 Å². The third-order valence-electron chi connectivity index (χ3n) is 1.20.